The molecule has 2 N–H and O–H groups in total. The Balaban J connectivity index is 1.62. The lowest BCUT2D eigenvalue weighted by Gasteiger charge is -2.32. The number of ether oxygens (including phenoxy) is 1. The number of nitrogens with zero attached hydrogens (tertiary/aromatic N) is 2. The molecule has 3 rings (SSSR count). The van der Waals surface area contributed by atoms with Crippen LogP contribution in [0.15, 0.2) is 42.5 Å². The molecule has 7 nitrogen and oxygen atoms in total. The van der Waals surface area contributed by atoms with Crippen LogP contribution in [-0.2, 0) is 0 Å². The maximum Gasteiger partial charge on any atom is 0.404 e. The summed E-state index contributed by atoms with van der Waals surface area (Å²) in [6.07, 6.45) is -1.09. The summed E-state index contributed by atoms with van der Waals surface area (Å²) in [4.78, 5) is 27.2. The number of rotatable bonds is 6. The van der Waals surface area contributed by atoms with Crippen LogP contribution in [0.2, 0.25) is 5.02 Å². The molecule has 0 aromatic heterocycles. The second kappa shape index (κ2) is 9.62. The zero-order valence-electron chi connectivity index (χ0n) is 16.2. The van der Waals surface area contributed by atoms with Gasteiger partial charge in [0.2, 0.25) is 0 Å². The third-order valence-electron chi connectivity index (χ3n) is 4.82. The fraction of sp³-hybridized carbons (Fsp3) is 0.333. The van der Waals surface area contributed by atoms with Gasteiger partial charge in [-0.1, -0.05) is 29.8 Å². The first kappa shape index (κ1) is 21.0. The van der Waals surface area contributed by atoms with E-state index in [1.165, 1.54) is 0 Å². The molecule has 0 saturated carbocycles. The SMILES string of the molecule is CN1CCN(C(=O)c2ccc(-c3ccc(OCCNC(=O)O)c(Cl)c3)cc2)CC1. The minimum absolute atomic E-state index is 0.0569. The molecule has 0 unspecified atom stereocenters. The zero-order valence-corrected chi connectivity index (χ0v) is 17.0. The van der Waals surface area contributed by atoms with Crippen LogP contribution in [0.5, 0.6) is 5.75 Å². The van der Waals surface area contributed by atoms with E-state index in [4.69, 9.17) is 21.4 Å². The van der Waals surface area contributed by atoms with Crippen molar-refractivity contribution in [2.75, 3.05) is 46.4 Å². The van der Waals surface area contributed by atoms with Crippen LogP contribution in [0.3, 0.4) is 0 Å². The van der Waals surface area contributed by atoms with Crippen LogP contribution in [-0.4, -0.2) is 73.3 Å². The van der Waals surface area contributed by atoms with Crippen molar-refractivity contribution in [1.29, 1.82) is 0 Å². The Hall–Kier alpha value is -2.77. The number of piperazine rings is 1. The Morgan fingerprint density at radius 3 is 2.34 bits per heavy atom. The molecule has 29 heavy (non-hydrogen) atoms. The summed E-state index contributed by atoms with van der Waals surface area (Å²) in [5.74, 6) is 0.547. The molecule has 2 amide bonds. The van der Waals surface area contributed by atoms with Gasteiger partial charge in [-0.2, -0.15) is 0 Å². The number of carbonyl (C=O) groups is 2. The predicted molar refractivity (Wildman–Crippen MR) is 112 cm³/mol. The zero-order chi connectivity index (χ0) is 20.8. The van der Waals surface area contributed by atoms with Gasteiger partial charge in [0.15, 0.2) is 0 Å². The van der Waals surface area contributed by atoms with Crippen molar-refractivity contribution >= 4 is 23.6 Å². The fourth-order valence-corrected chi connectivity index (χ4v) is 3.35. The van der Waals surface area contributed by atoms with Crippen LogP contribution in [0.25, 0.3) is 11.1 Å². The van der Waals surface area contributed by atoms with E-state index in [2.05, 4.69) is 17.3 Å². The van der Waals surface area contributed by atoms with Gasteiger partial charge in [-0.15, -0.1) is 0 Å². The van der Waals surface area contributed by atoms with E-state index in [-0.39, 0.29) is 19.1 Å². The fourth-order valence-electron chi connectivity index (χ4n) is 3.11. The lowest BCUT2D eigenvalue weighted by atomic mass is 10.0. The third kappa shape index (κ3) is 5.62. The molecule has 0 spiro atoms. The van der Waals surface area contributed by atoms with Gasteiger partial charge in [0, 0.05) is 31.7 Å². The maximum absolute atomic E-state index is 12.6. The molecular weight excluding hydrogens is 394 g/mol. The van der Waals surface area contributed by atoms with E-state index >= 15 is 0 Å². The highest BCUT2D eigenvalue weighted by atomic mass is 35.5. The van der Waals surface area contributed by atoms with Crippen LogP contribution in [0, 0.1) is 0 Å². The summed E-state index contributed by atoms with van der Waals surface area (Å²) < 4.78 is 5.49. The highest BCUT2D eigenvalue weighted by Gasteiger charge is 2.20. The first-order valence-corrected chi connectivity index (χ1v) is 9.79. The van der Waals surface area contributed by atoms with Crippen molar-refractivity contribution in [2.45, 2.75) is 0 Å². The highest BCUT2D eigenvalue weighted by molar-refractivity contribution is 6.32. The molecule has 1 saturated heterocycles. The molecule has 8 heteroatoms. The molecule has 0 bridgehead atoms. The smallest absolute Gasteiger partial charge is 0.404 e. The highest BCUT2D eigenvalue weighted by Crippen LogP contribution is 2.30. The molecule has 1 heterocycles. The molecule has 1 aliphatic heterocycles. The van der Waals surface area contributed by atoms with Crippen molar-refractivity contribution in [1.82, 2.24) is 15.1 Å². The van der Waals surface area contributed by atoms with Crippen molar-refractivity contribution in [2.24, 2.45) is 0 Å². The number of halogens is 1. The van der Waals surface area contributed by atoms with E-state index in [1.807, 2.05) is 35.2 Å². The summed E-state index contributed by atoms with van der Waals surface area (Å²) in [6.45, 7) is 3.64. The average molecular weight is 418 g/mol. The number of hydrogen-bond acceptors (Lipinski definition) is 4. The van der Waals surface area contributed by atoms with Gasteiger partial charge in [0.05, 0.1) is 11.6 Å². The first-order chi connectivity index (χ1) is 13.9. The van der Waals surface area contributed by atoms with E-state index in [0.717, 1.165) is 37.3 Å². The molecular formula is C21H24ClN3O4. The number of hydrogen-bond donors (Lipinski definition) is 2. The van der Waals surface area contributed by atoms with Crippen LogP contribution < -0.4 is 10.1 Å². The van der Waals surface area contributed by atoms with Gasteiger partial charge < -0.3 is 25.0 Å². The van der Waals surface area contributed by atoms with Gasteiger partial charge in [0.1, 0.15) is 12.4 Å². The van der Waals surface area contributed by atoms with E-state index in [9.17, 15) is 9.59 Å². The summed E-state index contributed by atoms with van der Waals surface area (Å²) >= 11 is 6.29. The molecule has 0 aliphatic carbocycles. The minimum atomic E-state index is -1.09. The lowest BCUT2D eigenvalue weighted by Crippen LogP contribution is -2.47. The standard InChI is InChI=1S/C21H24ClN3O4/c1-24-9-11-25(12-10-24)20(26)16-4-2-15(3-5-16)17-6-7-19(18(22)14-17)29-13-8-23-21(27)28/h2-7,14,23H,8-13H2,1H3,(H,27,28). The molecule has 2 aromatic carbocycles. The van der Waals surface area contributed by atoms with Crippen molar-refractivity contribution in [3.8, 4) is 16.9 Å². The largest absolute Gasteiger partial charge is 0.490 e. The number of nitrogens with one attached hydrogen (secondary N) is 1. The number of carboxylic acid groups (broad SMARTS) is 1. The van der Waals surface area contributed by atoms with Gasteiger partial charge in [0.25, 0.3) is 5.91 Å². The van der Waals surface area contributed by atoms with Crippen molar-refractivity contribution in [3.63, 3.8) is 0 Å². The number of carbonyl (C=O) groups excluding carboxylic acids is 1. The Morgan fingerprint density at radius 1 is 1.07 bits per heavy atom. The second-order valence-corrected chi connectivity index (χ2v) is 7.31. The number of amides is 2. The predicted octanol–water partition coefficient (Wildman–Crippen LogP) is 3.04. The summed E-state index contributed by atoms with van der Waals surface area (Å²) in [6, 6.07) is 12.9. The van der Waals surface area contributed by atoms with Gasteiger partial charge in [-0.25, -0.2) is 4.79 Å². The quantitative estimate of drug-likeness (QED) is 0.706. The van der Waals surface area contributed by atoms with Gasteiger partial charge >= 0.3 is 6.09 Å². The normalized spacial score (nSPS) is 14.5. The van der Waals surface area contributed by atoms with Crippen molar-refractivity contribution in [3.05, 3.63) is 53.1 Å². The Kier molecular flexibility index (Phi) is 6.95. The molecule has 1 fully saturated rings. The monoisotopic (exact) mass is 417 g/mol. The van der Waals surface area contributed by atoms with Crippen LogP contribution in [0.4, 0.5) is 4.79 Å². The lowest BCUT2D eigenvalue weighted by molar-refractivity contribution is 0.0664. The molecule has 0 radical (unpaired) electrons. The maximum atomic E-state index is 12.6. The Bertz CT molecular complexity index is 865. The minimum Gasteiger partial charge on any atom is -0.490 e. The molecule has 1 aliphatic rings. The van der Waals surface area contributed by atoms with Gasteiger partial charge in [-0.05, 0) is 42.4 Å². The van der Waals surface area contributed by atoms with Gasteiger partial charge in [-0.3, -0.25) is 4.79 Å². The summed E-state index contributed by atoms with van der Waals surface area (Å²) in [5, 5.41) is 11.2. The summed E-state index contributed by atoms with van der Waals surface area (Å²) in [5.41, 5.74) is 2.53. The van der Waals surface area contributed by atoms with E-state index in [0.29, 0.717) is 16.3 Å². The summed E-state index contributed by atoms with van der Waals surface area (Å²) in [7, 11) is 2.06. The molecule has 0 atom stereocenters. The Morgan fingerprint density at radius 2 is 1.72 bits per heavy atom. The second-order valence-electron chi connectivity index (χ2n) is 6.90. The first-order valence-electron chi connectivity index (χ1n) is 9.41. The van der Waals surface area contributed by atoms with Crippen molar-refractivity contribution < 1.29 is 19.4 Å². The molecule has 154 valence electrons. The Labute approximate surface area is 174 Å². The topological polar surface area (TPSA) is 82.1 Å². The number of likely N-dealkylation sites (N-methyl/N-ethyl adjacent to an activating group) is 1. The van der Waals surface area contributed by atoms with Crippen LogP contribution in [0.1, 0.15) is 10.4 Å². The van der Waals surface area contributed by atoms with E-state index < -0.39 is 6.09 Å². The van der Waals surface area contributed by atoms with E-state index in [1.54, 1.807) is 12.1 Å². The third-order valence-corrected chi connectivity index (χ3v) is 5.12. The average Bonchev–Trinajstić information content (AvgIpc) is 2.72. The van der Waals surface area contributed by atoms with Crippen LogP contribution >= 0.6 is 11.6 Å². The molecule has 2 aromatic rings. The number of benzene rings is 2.